The van der Waals surface area contributed by atoms with E-state index < -0.39 is 0 Å². The van der Waals surface area contributed by atoms with Gasteiger partial charge in [-0.05, 0) is 186 Å². The lowest BCUT2D eigenvalue weighted by Gasteiger charge is -2.40. The summed E-state index contributed by atoms with van der Waals surface area (Å²) in [6.45, 7) is 0. The molecule has 2 aliphatic heterocycles. The summed E-state index contributed by atoms with van der Waals surface area (Å²) >= 11 is 0. The average Bonchev–Trinajstić information content (AvgIpc) is 3.82. The molecular formula is C54H60N4. The molecule has 296 valence electrons. The minimum Gasteiger partial charge on any atom is -0.348 e. The summed E-state index contributed by atoms with van der Waals surface area (Å²) in [5.74, 6) is 3.02. The molecule has 0 radical (unpaired) electrons. The number of hydrogen-bond acceptors (Lipinski definition) is 3. The number of benzene rings is 1. The SMILES string of the molecule is N#Cc1ccccc1C1C=CCCC1C1=CC=CCC1C1=C(C2=CC(n3c4c(c5c3CCCC5)CCC=C4)NC(N3C4=C(CCCC4)C4CCC=CC43)=C2)CCCC1. The van der Waals surface area contributed by atoms with Crippen LogP contribution in [0.1, 0.15) is 148 Å². The Morgan fingerprint density at radius 2 is 1.55 bits per heavy atom. The Bertz CT molecular complexity index is 2320. The van der Waals surface area contributed by atoms with Gasteiger partial charge in [-0.25, -0.2) is 0 Å². The molecule has 11 rings (SSSR count). The van der Waals surface area contributed by atoms with Crippen molar-refractivity contribution >= 4 is 6.08 Å². The van der Waals surface area contributed by atoms with Gasteiger partial charge in [0.2, 0.25) is 0 Å². The molecule has 9 aliphatic rings. The number of allylic oxidation sites excluding steroid dienone is 13. The van der Waals surface area contributed by atoms with Gasteiger partial charge in [-0.1, -0.05) is 78.0 Å². The van der Waals surface area contributed by atoms with E-state index in [0.29, 0.717) is 23.8 Å². The fourth-order valence-electron chi connectivity index (χ4n) is 13.2. The van der Waals surface area contributed by atoms with Crippen molar-refractivity contribution in [2.75, 3.05) is 0 Å². The van der Waals surface area contributed by atoms with Gasteiger partial charge in [0.05, 0.1) is 17.7 Å². The Morgan fingerprint density at radius 1 is 0.741 bits per heavy atom. The van der Waals surface area contributed by atoms with Crippen molar-refractivity contribution in [2.45, 2.75) is 140 Å². The standard InChI is InChI=1S/C54H60N4/c55-35-36-17-1-2-18-38(36)40-20-5-6-22-42(40)44-24-8-7-23-43(44)41-21-4-3-19-39(41)37-33-53(57-49-29-13-9-25-45(49)46-26-10-14-30-50(46)57)56-54(34-37)58-51-31-15-11-27-47(51)48-28-12-16-32-52(48)58/h1-2,5,7-8,13,15,17-18,20,24,29,31,33-34,40,42-43,45,49,54,56H,3-4,6,9-12,14,16,19,21-23,25-28,30,32H2. The molecule has 4 heteroatoms. The second kappa shape index (κ2) is 15.4. The average molecular weight is 765 g/mol. The van der Waals surface area contributed by atoms with Crippen LogP contribution >= 0.6 is 0 Å². The summed E-state index contributed by atoms with van der Waals surface area (Å²) in [6.07, 6.45) is 50.5. The molecule has 1 aromatic carbocycles. The Kier molecular flexibility index (Phi) is 9.68. The van der Waals surface area contributed by atoms with Crippen molar-refractivity contribution in [3.05, 3.63) is 158 Å². The van der Waals surface area contributed by atoms with Crippen molar-refractivity contribution in [1.29, 1.82) is 5.26 Å². The van der Waals surface area contributed by atoms with Crippen LogP contribution < -0.4 is 5.32 Å². The number of nitriles is 1. The normalized spacial score (nSPS) is 30.1. The Hall–Kier alpha value is -4.75. The third kappa shape index (κ3) is 6.13. The van der Waals surface area contributed by atoms with E-state index in [-0.39, 0.29) is 12.1 Å². The van der Waals surface area contributed by atoms with E-state index in [4.69, 9.17) is 0 Å². The van der Waals surface area contributed by atoms with Crippen LogP contribution in [0.5, 0.6) is 0 Å². The first-order valence-electron chi connectivity index (χ1n) is 23.3. The predicted molar refractivity (Wildman–Crippen MR) is 236 cm³/mol. The lowest BCUT2D eigenvalue weighted by Crippen LogP contribution is -2.42. The molecule has 4 nitrogen and oxygen atoms in total. The first kappa shape index (κ1) is 36.3. The largest absolute Gasteiger partial charge is 0.348 e. The predicted octanol–water partition coefficient (Wildman–Crippen LogP) is 12.7. The third-order valence-electron chi connectivity index (χ3n) is 15.6. The van der Waals surface area contributed by atoms with Crippen molar-refractivity contribution in [1.82, 2.24) is 14.8 Å². The van der Waals surface area contributed by atoms with Gasteiger partial charge < -0.3 is 14.8 Å². The molecule has 0 spiro atoms. The molecule has 0 saturated carbocycles. The van der Waals surface area contributed by atoms with Crippen LogP contribution in [0.15, 0.2) is 124 Å². The monoisotopic (exact) mass is 764 g/mol. The summed E-state index contributed by atoms with van der Waals surface area (Å²) in [4.78, 5) is 2.82. The lowest BCUT2D eigenvalue weighted by molar-refractivity contribution is 0.282. The summed E-state index contributed by atoms with van der Waals surface area (Å²) in [5, 5.41) is 14.5. The molecule has 6 atom stereocenters. The maximum atomic E-state index is 10.2. The summed E-state index contributed by atoms with van der Waals surface area (Å²) in [6, 6.07) is 11.3. The Labute approximate surface area is 346 Å². The molecule has 0 bridgehead atoms. The maximum absolute atomic E-state index is 10.2. The van der Waals surface area contributed by atoms with E-state index >= 15 is 0 Å². The number of nitrogens with zero attached hydrogens (tertiary/aromatic N) is 3. The fourth-order valence-corrected chi connectivity index (χ4v) is 13.2. The highest BCUT2D eigenvalue weighted by atomic mass is 15.3. The summed E-state index contributed by atoms with van der Waals surface area (Å²) in [5.41, 5.74) is 18.2. The molecule has 58 heavy (non-hydrogen) atoms. The van der Waals surface area contributed by atoms with Crippen LogP contribution in [-0.4, -0.2) is 15.5 Å². The highest BCUT2D eigenvalue weighted by molar-refractivity contribution is 5.60. The molecule has 7 aliphatic carbocycles. The van der Waals surface area contributed by atoms with Crippen LogP contribution in [0.3, 0.4) is 0 Å². The van der Waals surface area contributed by atoms with Crippen LogP contribution in [-0.2, 0) is 19.3 Å². The zero-order chi connectivity index (χ0) is 38.6. The van der Waals surface area contributed by atoms with E-state index in [1.807, 2.05) is 12.1 Å². The number of rotatable bonds is 6. The van der Waals surface area contributed by atoms with Crippen LogP contribution in [0.4, 0.5) is 0 Å². The molecule has 3 heterocycles. The second-order valence-corrected chi connectivity index (χ2v) is 18.6. The lowest BCUT2D eigenvalue weighted by atomic mass is 9.66. The zero-order valence-electron chi connectivity index (χ0n) is 34.4. The first-order chi connectivity index (χ1) is 28.8. The van der Waals surface area contributed by atoms with Crippen molar-refractivity contribution in [2.24, 2.45) is 17.8 Å². The smallest absolute Gasteiger partial charge is 0.125 e. The number of dihydropyridines is 1. The molecule has 6 unspecified atom stereocenters. The molecule has 1 N–H and O–H groups in total. The highest BCUT2D eigenvalue weighted by Gasteiger charge is 2.44. The molecule has 2 aromatic rings. The van der Waals surface area contributed by atoms with Gasteiger partial charge >= 0.3 is 0 Å². The number of nitrogens with one attached hydrogen (secondary N) is 1. The zero-order valence-corrected chi connectivity index (χ0v) is 34.4. The van der Waals surface area contributed by atoms with Gasteiger partial charge in [-0.15, -0.1) is 0 Å². The minimum atomic E-state index is 0.0832. The van der Waals surface area contributed by atoms with E-state index in [2.05, 4.69) is 99.8 Å². The highest BCUT2D eigenvalue weighted by Crippen LogP contribution is 2.51. The topological polar surface area (TPSA) is 44.0 Å². The maximum Gasteiger partial charge on any atom is 0.125 e. The van der Waals surface area contributed by atoms with Crippen LogP contribution in [0, 0.1) is 29.1 Å². The second-order valence-electron chi connectivity index (χ2n) is 18.6. The third-order valence-corrected chi connectivity index (χ3v) is 15.6. The van der Waals surface area contributed by atoms with Gasteiger partial charge in [0.1, 0.15) is 12.0 Å². The molecule has 1 aromatic heterocycles. The number of fused-ring (bicyclic) bond motifs is 5. The quantitative estimate of drug-likeness (QED) is 0.298. The van der Waals surface area contributed by atoms with Gasteiger partial charge in [0.15, 0.2) is 0 Å². The van der Waals surface area contributed by atoms with Crippen LogP contribution in [0.2, 0.25) is 0 Å². The fraction of sp³-hybridized carbons (Fsp3) is 0.463. The van der Waals surface area contributed by atoms with E-state index in [1.54, 1.807) is 44.8 Å². The Balaban J connectivity index is 1.05. The van der Waals surface area contributed by atoms with Crippen molar-refractivity contribution < 1.29 is 0 Å². The van der Waals surface area contributed by atoms with E-state index in [1.165, 1.54) is 113 Å². The number of hydrogen-bond donors (Lipinski definition) is 1. The summed E-state index contributed by atoms with van der Waals surface area (Å²) in [7, 11) is 0. The van der Waals surface area contributed by atoms with Gasteiger partial charge in [-0.3, -0.25) is 0 Å². The molecule has 0 saturated heterocycles. The van der Waals surface area contributed by atoms with E-state index in [0.717, 1.165) is 37.7 Å². The summed E-state index contributed by atoms with van der Waals surface area (Å²) < 4.78 is 2.77. The molecule has 0 amide bonds. The van der Waals surface area contributed by atoms with Crippen LogP contribution in [0.25, 0.3) is 6.08 Å². The van der Waals surface area contributed by atoms with E-state index in [9.17, 15) is 5.26 Å². The van der Waals surface area contributed by atoms with Gasteiger partial charge in [-0.2, -0.15) is 5.26 Å². The minimum absolute atomic E-state index is 0.0832. The van der Waals surface area contributed by atoms with Gasteiger partial charge in [0.25, 0.3) is 0 Å². The van der Waals surface area contributed by atoms with Gasteiger partial charge in [0, 0.05) is 34.8 Å². The molecular weight excluding hydrogens is 705 g/mol. The first-order valence-corrected chi connectivity index (χ1v) is 23.3. The number of aromatic nitrogens is 1. The van der Waals surface area contributed by atoms with Crippen molar-refractivity contribution in [3.63, 3.8) is 0 Å². The Morgan fingerprint density at radius 3 is 2.48 bits per heavy atom. The molecule has 0 fully saturated rings. The van der Waals surface area contributed by atoms with Crippen molar-refractivity contribution in [3.8, 4) is 6.07 Å².